The molecule has 1 N–H and O–H groups in total. The molecule has 2 aromatic carbocycles. The van der Waals surface area contributed by atoms with Crippen molar-refractivity contribution >= 4 is 12.0 Å². The van der Waals surface area contributed by atoms with Crippen LogP contribution in [-0.4, -0.2) is 12.5 Å². The molecule has 0 aromatic heterocycles. The maximum Gasteiger partial charge on any atom is 0.247 e. The van der Waals surface area contributed by atoms with Crippen molar-refractivity contribution in [1.82, 2.24) is 5.32 Å². The van der Waals surface area contributed by atoms with Crippen LogP contribution in [-0.2, 0) is 4.79 Å². The number of amides is 1. The Morgan fingerprint density at radius 1 is 1.12 bits per heavy atom. The second kappa shape index (κ2) is 6.56. The Bertz CT molecular complexity index is 809. The smallest absolute Gasteiger partial charge is 0.247 e. The van der Waals surface area contributed by atoms with Crippen molar-refractivity contribution in [3.05, 3.63) is 64.7 Å². The first kappa shape index (κ1) is 16.4. The second-order valence-electron chi connectivity index (χ2n) is 6.36. The fourth-order valence-electron chi connectivity index (χ4n) is 3.01. The van der Waals surface area contributed by atoms with Crippen LogP contribution in [0.3, 0.4) is 0 Å². The van der Waals surface area contributed by atoms with Gasteiger partial charge < -0.3 is 5.32 Å². The Labute approximate surface area is 140 Å². The van der Waals surface area contributed by atoms with E-state index in [1.165, 1.54) is 24.3 Å². The summed E-state index contributed by atoms with van der Waals surface area (Å²) in [5.41, 5.74) is 3.64. The monoisotopic (exact) mass is 327 g/mol. The van der Waals surface area contributed by atoms with E-state index in [1.54, 1.807) is 18.2 Å². The molecule has 1 aliphatic rings. The van der Waals surface area contributed by atoms with Crippen LogP contribution in [0.25, 0.3) is 17.2 Å². The molecule has 1 fully saturated rings. The van der Waals surface area contributed by atoms with Crippen LogP contribution in [0.4, 0.5) is 8.78 Å². The van der Waals surface area contributed by atoms with E-state index in [0.717, 1.165) is 11.1 Å². The van der Waals surface area contributed by atoms with Gasteiger partial charge in [-0.3, -0.25) is 4.79 Å². The zero-order chi connectivity index (χ0) is 17.3. The zero-order valence-corrected chi connectivity index (χ0v) is 13.7. The van der Waals surface area contributed by atoms with Crippen LogP contribution in [0.1, 0.15) is 24.5 Å². The fraction of sp³-hybridized carbons (Fsp3) is 0.250. The van der Waals surface area contributed by atoms with Crippen LogP contribution >= 0.6 is 0 Å². The van der Waals surface area contributed by atoms with Crippen molar-refractivity contribution in [3.63, 3.8) is 0 Å². The first-order chi connectivity index (χ1) is 11.4. The summed E-state index contributed by atoms with van der Waals surface area (Å²) in [6.45, 7) is 4.61. The number of benzene rings is 2. The molecule has 4 heteroatoms. The van der Waals surface area contributed by atoms with Gasteiger partial charge in [0, 0.05) is 12.1 Å². The van der Waals surface area contributed by atoms with E-state index in [9.17, 15) is 13.6 Å². The van der Waals surface area contributed by atoms with E-state index in [4.69, 9.17) is 0 Å². The molecule has 0 saturated carbocycles. The van der Waals surface area contributed by atoms with Gasteiger partial charge in [-0.25, -0.2) is 8.78 Å². The molecular formula is C20H19F2NO. The molecule has 1 saturated heterocycles. The molecule has 1 heterocycles. The maximum atomic E-state index is 14.1. The lowest BCUT2D eigenvalue weighted by Gasteiger charge is -2.21. The van der Waals surface area contributed by atoms with Crippen LogP contribution < -0.4 is 5.32 Å². The average Bonchev–Trinajstić information content (AvgIpc) is 2.55. The van der Waals surface area contributed by atoms with E-state index in [2.05, 4.69) is 12.2 Å². The molecule has 1 atom stereocenters. The van der Waals surface area contributed by atoms with E-state index in [0.29, 0.717) is 35.6 Å². The molecule has 0 unspecified atom stereocenters. The Balaban J connectivity index is 2.06. The summed E-state index contributed by atoms with van der Waals surface area (Å²) in [5, 5.41) is 2.85. The summed E-state index contributed by atoms with van der Waals surface area (Å²) in [5.74, 6) is -0.446. The molecule has 1 amide bonds. The summed E-state index contributed by atoms with van der Waals surface area (Å²) >= 11 is 0. The molecule has 2 aromatic rings. The van der Waals surface area contributed by atoms with E-state index < -0.39 is 0 Å². The van der Waals surface area contributed by atoms with E-state index >= 15 is 0 Å². The predicted molar refractivity (Wildman–Crippen MR) is 91.3 cm³/mol. The van der Waals surface area contributed by atoms with Gasteiger partial charge in [-0.1, -0.05) is 19.1 Å². The number of nitrogens with one attached hydrogen (secondary N) is 1. The van der Waals surface area contributed by atoms with Crippen molar-refractivity contribution in [2.45, 2.75) is 20.3 Å². The van der Waals surface area contributed by atoms with Gasteiger partial charge in [-0.05, 0) is 71.9 Å². The number of carbonyl (C=O) groups excluding carboxylic acids is 1. The first-order valence-electron chi connectivity index (χ1n) is 7.99. The SMILES string of the molecule is Cc1c(/C=C2\C[C@H](C)CNC2=O)cc(F)cc1-c1ccc(F)cc1. The first-order valence-corrected chi connectivity index (χ1v) is 7.99. The van der Waals surface area contributed by atoms with E-state index in [-0.39, 0.29) is 17.5 Å². The third kappa shape index (κ3) is 3.37. The lowest BCUT2D eigenvalue weighted by atomic mass is 9.91. The Kier molecular flexibility index (Phi) is 4.47. The standard InChI is InChI=1S/C20H19F2NO/c1-12-7-16(20(24)23-11-12)8-15-9-18(22)10-19(13(15)2)14-3-5-17(21)6-4-14/h3-6,8-10,12H,7,11H2,1-2H3,(H,23,24)/b16-8+/t12-/m0/s1. The Morgan fingerprint density at radius 2 is 1.83 bits per heavy atom. The molecular weight excluding hydrogens is 308 g/mol. The fourth-order valence-corrected chi connectivity index (χ4v) is 3.01. The highest BCUT2D eigenvalue weighted by Gasteiger charge is 2.20. The van der Waals surface area contributed by atoms with Gasteiger partial charge in [0.1, 0.15) is 11.6 Å². The molecule has 0 aliphatic carbocycles. The molecule has 1 aliphatic heterocycles. The lowest BCUT2D eigenvalue weighted by Crippen LogP contribution is -2.35. The number of piperidine rings is 1. The minimum absolute atomic E-state index is 0.0971. The zero-order valence-electron chi connectivity index (χ0n) is 13.7. The highest BCUT2D eigenvalue weighted by molar-refractivity contribution is 5.99. The van der Waals surface area contributed by atoms with Gasteiger partial charge in [0.05, 0.1) is 0 Å². The number of hydrogen-bond donors (Lipinski definition) is 1. The molecule has 3 rings (SSSR count). The third-order valence-electron chi connectivity index (χ3n) is 4.37. The van der Waals surface area contributed by atoms with Crippen LogP contribution in [0.15, 0.2) is 42.0 Å². The quantitative estimate of drug-likeness (QED) is 0.810. The number of halogens is 2. The van der Waals surface area contributed by atoms with Crippen molar-refractivity contribution in [3.8, 4) is 11.1 Å². The highest BCUT2D eigenvalue weighted by Crippen LogP contribution is 2.29. The summed E-state index contributed by atoms with van der Waals surface area (Å²) < 4.78 is 27.2. The van der Waals surface area contributed by atoms with Crippen molar-refractivity contribution in [2.24, 2.45) is 5.92 Å². The van der Waals surface area contributed by atoms with Crippen molar-refractivity contribution in [1.29, 1.82) is 0 Å². The summed E-state index contributed by atoms with van der Waals surface area (Å²) in [6, 6.07) is 8.84. The molecule has 24 heavy (non-hydrogen) atoms. The summed E-state index contributed by atoms with van der Waals surface area (Å²) in [4.78, 5) is 12.0. The minimum atomic E-state index is -0.379. The molecule has 124 valence electrons. The van der Waals surface area contributed by atoms with Crippen molar-refractivity contribution in [2.75, 3.05) is 6.54 Å². The molecule has 0 spiro atoms. The Morgan fingerprint density at radius 3 is 2.54 bits per heavy atom. The minimum Gasteiger partial charge on any atom is -0.352 e. The van der Waals surface area contributed by atoms with Gasteiger partial charge in [-0.2, -0.15) is 0 Å². The largest absolute Gasteiger partial charge is 0.352 e. The summed E-state index contributed by atoms with van der Waals surface area (Å²) in [6.07, 6.45) is 2.43. The maximum absolute atomic E-state index is 14.1. The van der Waals surface area contributed by atoms with Crippen LogP contribution in [0.5, 0.6) is 0 Å². The third-order valence-corrected chi connectivity index (χ3v) is 4.37. The number of carbonyl (C=O) groups is 1. The Hall–Kier alpha value is -2.49. The van der Waals surface area contributed by atoms with Crippen LogP contribution in [0, 0.1) is 24.5 Å². The van der Waals surface area contributed by atoms with Gasteiger partial charge in [0.2, 0.25) is 5.91 Å². The average molecular weight is 327 g/mol. The number of hydrogen-bond acceptors (Lipinski definition) is 1. The summed E-state index contributed by atoms with van der Waals surface area (Å²) in [7, 11) is 0. The van der Waals surface area contributed by atoms with E-state index in [1.807, 2.05) is 6.92 Å². The molecule has 0 bridgehead atoms. The molecule has 0 radical (unpaired) electrons. The van der Waals surface area contributed by atoms with Gasteiger partial charge in [0.25, 0.3) is 0 Å². The van der Waals surface area contributed by atoms with Crippen molar-refractivity contribution < 1.29 is 13.6 Å². The normalized spacial score (nSPS) is 19.4. The lowest BCUT2D eigenvalue weighted by molar-refractivity contribution is -0.118. The predicted octanol–water partition coefficient (Wildman–Crippen LogP) is 4.48. The second-order valence-corrected chi connectivity index (χ2v) is 6.36. The topological polar surface area (TPSA) is 29.1 Å². The highest BCUT2D eigenvalue weighted by atomic mass is 19.1. The van der Waals surface area contributed by atoms with Gasteiger partial charge >= 0.3 is 0 Å². The molecule has 2 nitrogen and oxygen atoms in total. The van der Waals surface area contributed by atoms with Gasteiger partial charge in [0.15, 0.2) is 0 Å². The van der Waals surface area contributed by atoms with Crippen LogP contribution in [0.2, 0.25) is 0 Å². The van der Waals surface area contributed by atoms with Gasteiger partial charge in [-0.15, -0.1) is 0 Å². The number of rotatable bonds is 2.